The molecule has 0 rings (SSSR count). The SMILES string of the molecule is CC(CCO)NC/C=C/C(=O)O. The van der Waals surface area contributed by atoms with Crippen LogP contribution in [0, 0.1) is 0 Å². The molecular weight excluding hydrogens is 158 g/mol. The second-order valence-corrected chi connectivity index (χ2v) is 2.56. The average Bonchev–Trinajstić information content (AvgIpc) is 1.98. The van der Waals surface area contributed by atoms with E-state index in [1.54, 1.807) is 0 Å². The number of aliphatic hydroxyl groups excluding tert-OH is 1. The fraction of sp³-hybridized carbons (Fsp3) is 0.625. The Morgan fingerprint density at radius 1 is 1.67 bits per heavy atom. The van der Waals surface area contributed by atoms with E-state index in [2.05, 4.69) is 5.32 Å². The number of aliphatic carboxylic acids is 1. The summed E-state index contributed by atoms with van der Waals surface area (Å²) in [5.74, 6) is -0.938. The Bertz CT molecular complexity index is 156. The van der Waals surface area contributed by atoms with Crippen molar-refractivity contribution in [2.24, 2.45) is 0 Å². The monoisotopic (exact) mass is 173 g/mol. The molecular formula is C8H15NO3. The lowest BCUT2D eigenvalue weighted by Gasteiger charge is -2.09. The zero-order valence-corrected chi connectivity index (χ0v) is 7.16. The molecule has 4 heteroatoms. The summed E-state index contributed by atoms with van der Waals surface area (Å²) in [7, 11) is 0. The highest BCUT2D eigenvalue weighted by Gasteiger charge is 1.96. The van der Waals surface area contributed by atoms with Crippen LogP contribution < -0.4 is 5.32 Å². The van der Waals surface area contributed by atoms with Gasteiger partial charge >= 0.3 is 5.97 Å². The van der Waals surface area contributed by atoms with Gasteiger partial charge in [-0.2, -0.15) is 0 Å². The number of aliphatic hydroxyl groups is 1. The fourth-order valence-electron chi connectivity index (χ4n) is 0.725. The van der Waals surface area contributed by atoms with Gasteiger partial charge in [-0.1, -0.05) is 6.08 Å². The molecule has 0 amide bonds. The van der Waals surface area contributed by atoms with Crippen molar-refractivity contribution in [3.8, 4) is 0 Å². The third-order valence-corrected chi connectivity index (χ3v) is 1.41. The fourth-order valence-corrected chi connectivity index (χ4v) is 0.725. The number of hydrogen-bond acceptors (Lipinski definition) is 3. The molecule has 0 aromatic heterocycles. The molecule has 1 unspecified atom stereocenters. The Labute approximate surface area is 71.9 Å². The van der Waals surface area contributed by atoms with Crippen LogP contribution in [0.1, 0.15) is 13.3 Å². The molecule has 0 aromatic rings. The summed E-state index contributed by atoms with van der Waals surface area (Å²) >= 11 is 0. The number of carboxylic acid groups (broad SMARTS) is 1. The first-order valence-electron chi connectivity index (χ1n) is 3.90. The Morgan fingerprint density at radius 2 is 2.33 bits per heavy atom. The first-order chi connectivity index (χ1) is 5.66. The maximum Gasteiger partial charge on any atom is 0.328 e. The molecule has 0 spiro atoms. The molecule has 0 saturated heterocycles. The first-order valence-corrected chi connectivity index (χ1v) is 3.90. The first kappa shape index (κ1) is 11.1. The third-order valence-electron chi connectivity index (χ3n) is 1.41. The maximum atomic E-state index is 10.0. The van der Waals surface area contributed by atoms with E-state index in [0.717, 1.165) is 6.08 Å². The van der Waals surface area contributed by atoms with E-state index in [4.69, 9.17) is 10.2 Å². The molecule has 0 saturated carbocycles. The maximum absolute atomic E-state index is 10.0. The summed E-state index contributed by atoms with van der Waals surface area (Å²) in [6, 6.07) is 0.216. The molecule has 0 aromatic carbocycles. The zero-order chi connectivity index (χ0) is 9.40. The Morgan fingerprint density at radius 3 is 2.83 bits per heavy atom. The summed E-state index contributed by atoms with van der Waals surface area (Å²) < 4.78 is 0. The summed E-state index contributed by atoms with van der Waals surface area (Å²) in [6.07, 6.45) is 3.32. The summed E-state index contributed by atoms with van der Waals surface area (Å²) in [4.78, 5) is 10.0. The molecule has 1 atom stereocenters. The van der Waals surface area contributed by atoms with Crippen LogP contribution in [-0.2, 0) is 4.79 Å². The Kier molecular flexibility index (Phi) is 6.32. The van der Waals surface area contributed by atoms with Crippen molar-refractivity contribution in [1.82, 2.24) is 5.32 Å². The van der Waals surface area contributed by atoms with Crippen molar-refractivity contribution in [1.29, 1.82) is 0 Å². The molecule has 0 aliphatic rings. The van der Waals surface area contributed by atoms with Gasteiger partial charge in [-0.15, -0.1) is 0 Å². The number of carboxylic acids is 1. The number of nitrogens with one attached hydrogen (secondary N) is 1. The van der Waals surface area contributed by atoms with Gasteiger partial charge in [0.2, 0.25) is 0 Å². The predicted molar refractivity (Wildman–Crippen MR) is 45.9 cm³/mol. The highest BCUT2D eigenvalue weighted by molar-refractivity contribution is 5.79. The molecule has 4 nitrogen and oxygen atoms in total. The molecule has 0 aliphatic heterocycles. The van der Waals surface area contributed by atoms with Crippen molar-refractivity contribution in [2.75, 3.05) is 13.2 Å². The van der Waals surface area contributed by atoms with Gasteiger partial charge in [0, 0.05) is 25.3 Å². The minimum Gasteiger partial charge on any atom is -0.478 e. The lowest BCUT2D eigenvalue weighted by atomic mass is 10.2. The highest BCUT2D eigenvalue weighted by atomic mass is 16.4. The number of rotatable bonds is 6. The van der Waals surface area contributed by atoms with Crippen molar-refractivity contribution < 1.29 is 15.0 Å². The second-order valence-electron chi connectivity index (χ2n) is 2.56. The van der Waals surface area contributed by atoms with Gasteiger partial charge in [0.1, 0.15) is 0 Å². The molecule has 0 bridgehead atoms. The zero-order valence-electron chi connectivity index (χ0n) is 7.16. The minimum absolute atomic E-state index is 0.150. The quantitative estimate of drug-likeness (QED) is 0.494. The normalized spacial score (nSPS) is 13.5. The van der Waals surface area contributed by atoms with Crippen LogP contribution in [0.5, 0.6) is 0 Å². The number of hydrogen-bond donors (Lipinski definition) is 3. The van der Waals surface area contributed by atoms with Gasteiger partial charge in [-0.25, -0.2) is 4.79 Å². The van der Waals surface area contributed by atoms with Gasteiger partial charge in [0.25, 0.3) is 0 Å². The van der Waals surface area contributed by atoms with Crippen LogP contribution in [0.3, 0.4) is 0 Å². The lowest BCUT2D eigenvalue weighted by molar-refractivity contribution is -0.131. The Hall–Kier alpha value is -0.870. The van der Waals surface area contributed by atoms with Gasteiger partial charge in [0.05, 0.1) is 0 Å². The molecule has 0 heterocycles. The van der Waals surface area contributed by atoms with Crippen LogP contribution in [0.4, 0.5) is 0 Å². The predicted octanol–water partition coefficient (Wildman–Crippen LogP) is -0.0123. The van der Waals surface area contributed by atoms with Gasteiger partial charge in [-0.3, -0.25) is 0 Å². The molecule has 12 heavy (non-hydrogen) atoms. The average molecular weight is 173 g/mol. The van der Waals surface area contributed by atoms with E-state index in [1.807, 2.05) is 6.92 Å². The van der Waals surface area contributed by atoms with Crippen LogP contribution in [0.2, 0.25) is 0 Å². The van der Waals surface area contributed by atoms with Gasteiger partial charge < -0.3 is 15.5 Å². The third kappa shape index (κ3) is 7.24. The van der Waals surface area contributed by atoms with Crippen molar-refractivity contribution >= 4 is 5.97 Å². The molecule has 70 valence electrons. The van der Waals surface area contributed by atoms with Gasteiger partial charge in [-0.05, 0) is 13.3 Å². The van der Waals surface area contributed by atoms with E-state index < -0.39 is 5.97 Å². The van der Waals surface area contributed by atoms with Crippen LogP contribution >= 0.6 is 0 Å². The minimum atomic E-state index is -0.938. The standard InChI is InChI=1S/C8H15NO3/c1-7(4-6-10)9-5-2-3-8(11)12/h2-3,7,9-10H,4-6H2,1H3,(H,11,12)/b3-2+. The van der Waals surface area contributed by atoms with Gasteiger partial charge in [0.15, 0.2) is 0 Å². The largest absolute Gasteiger partial charge is 0.478 e. The van der Waals surface area contributed by atoms with Crippen molar-refractivity contribution in [3.05, 3.63) is 12.2 Å². The number of carbonyl (C=O) groups is 1. The molecule has 0 radical (unpaired) electrons. The van der Waals surface area contributed by atoms with E-state index in [9.17, 15) is 4.79 Å². The van der Waals surface area contributed by atoms with Crippen LogP contribution in [-0.4, -0.2) is 35.4 Å². The topological polar surface area (TPSA) is 69.6 Å². The van der Waals surface area contributed by atoms with Crippen LogP contribution in [0.25, 0.3) is 0 Å². The van der Waals surface area contributed by atoms with E-state index in [0.29, 0.717) is 13.0 Å². The summed E-state index contributed by atoms with van der Waals surface area (Å²) in [5.41, 5.74) is 0. The Balaban J connectivity index is 3.36. The smallest absolute Gasteiger partial charge is 0.328 e. The molecule has 0 aliphatic carbocycles. The molecule has 0 fully saturated rings. The molecule has 3 N–H and O–H groups in total. The second kappa shape index (κ2) is 6.82. The van der Waals surface area contributed by atoms with Crippen molar-refractivity contribution in [3.63, 3.8) is 0 Å². The van der Waals surface area contributed by atoms with Crippen molar-refractivity contribution in [2.45, 2.75) is 19.4 Å². The van der Waals surface area contributed by atoms with Crippen LogP contribution in [0.15, 0.2) is 12.2 Å². The van der Waals surface area contributed by atoms with E-state index >= 15 is 0 Å². The summed E-state index contributed by atoms with van der Waals surface area (Å²) in [5, 5.41) is 19.8. The van der Waals surface area contributed by atoms with E-state index in [-0.39, 0.29) is 12.6 Å². The lowest BCUT2D eigenvalue weighted by Crippen LogP contribution is -2.26. The highest BCUT2D eigenvalue weighted by Crippen LogP contribution is 1.87. The van der Waals surface area contributed by atoms with E-state index in [1.165, 1.54) is 6.08 Å². The summed E-state index contributed by atoms with van der Waals surface area (Å²) in [6.45, 7) is 2.61.